The van der Waals surface area contributed by atoms with Gasteiger partial charge < -0.3 is 10.5 Å². The number of ether oxygens (including phenoxy) is 1. The average Bonchev–Trinajstić information content (AvgIpc) is 2.19. The van der Waals surface area contributed by atoms with Gasteiger partial charge in [-0.05, 0) is 60.4 Å². The molecule has 0 aliphatic carbocycles. The van der Waals surface area contributed by atoms with Crippen LogP contribution >= 0.6 is 15.9 Å². The summed E-state index contributed by atoms with van der Waals surface area (Å²) in [6.07, 6.45) is 1.93. The lowest BCUT2D eigenvalue weighted by Crippen LogP contribution is -2.14. The monoisotopic (exact) mass is 275 g/mol. The summed E-state index contributed by atoms with van der Waals surface area (Å²) < 4.78 is 19.1. The fourth-order valence-electron chi connectivity index (χ4n) is 1.25. The number of rotatable bonds is 5. The second-order valence-electron chi connectivity index (χ2n) is 3.43. The Morgan fingerprint density at radius 3 is 2.87 bits per heavy atom. The number of hydrogen-bond donors (Lipinski definition) is 1. The van der Waals surface area contributed by atoms with Gasteiger partial charge in [0.15, 0.2) is 0 Å². The van der Waals surface area contributed by atoms with Crippen molar-refractivity contribution in [2.24, 2.45) is 5.73 Å². The number of nitrogens with two attached hydrogens (primary N) is 1. The molecule has 0 saturated carbocycles. The van der Waals surface area contributed by atoms with Gasteiger partial charge in [0.1, 0.15) is 11.6 Å². The number of benzene rings is 1. The van der Waals surface area contributed by atoms with Crippen molar-refractivity contribution >= 4 is 15.9 Å². The standard InChI is InChI=1S/C11H15BrFNO/c1-8(3-2-6-14)15-11-5-4-9(13)7-10(11)12/h4-5,7-8H,2-3,6,14H2,1H3. The van der Waals surface area contributed by atoms with E-state index in [4.69, 9.17) is 10.5 Å². The van der Waals surface area contributed by atoms with Crippen molar-refractivity contribution in [3.63, 3.8) is 0 Å². The third-order valence-electron chi connectivity index (χ3n) is 2.04. The van der Waals surface area contributed by atoms with E-state index in [-0.39, 0.29) is 11.9 Å². The van der Waals surface area contributed by atoms with Crippen LogP contribution in [0.3, 0.4) is 0 Å². The summed E-state index contributed by atoms with van der Waals surface area (Å²) in [6, 6.07) is 4.40. The van der Waals surface area contributed by atoms with Gasteiger partial charge in [-0.1, -0.05) is 0 Å². The maximum Gasteiger partial charge on any atom is 0.134 e. The van der Waals surface area contributed by atoms with E-state index in [9.17, 15) is 4.39 Å². The third kappa shape index (κ3) is 4.18. The van der Waals surface area contributed by atoms with Crippen LogP contribution in [0.5, 0.6) is 5.75 Å². The molecule has 4 heteroatoms. The van der Waals surface area contributed by atoms with E-state index in [0.717, 1.165) is 12.8 Å². The highest BCUT2D eigenvalue weighted by molar-refractivity contribution is 9.10. The molecule has 1 atom stereocenters. The molecule has 0 aliphatic rings. The van der Waals surface area contributed by atoms with Crippen LogP contribution in [0.25, 0.3) is 0 Å². The van der Waals surface area contributed by atoms with Crippen LogP contribution in [0.4, 0.5) is 4.39 Å². The second kappa shape index (κ2) is 6.08. The van der Waals surface area contributed by atoms with Gasteiger partial charge in [-0.15, -0.1) is 0 Å². The Balaban J connectivity index is 2.56. The summed E-state index contributed by atoms with van der Waals surface area (Å²) >= 11 is 3.25. The Hall–Kier alpha value is -0.610. The molecule has 0 fully saturated rings. The van der Waals surface area contributed by atoms with Crippen LogP contribution in [-0.4, -0.2) is 12.6 Å². The lowest BCUT2D eigenvalue weighted by atomic mass is 10.2. The molecule has 2 nitrogen and oxygen atoms in total. The first-order chi connectivity index (χ1) is 7.13. The van der Waals surface area contributed by atoms with Gasteiger partial charge in [-0.2, -0.15) is 0 Å². The summed E-state index contributed by atoms with van der Waals surface area (Å²) in [4.78, 5) is 0. The van der Waals surface area contributed by atoms with E-state index < -0.39 is 0 Å². The minimum atomic E-state index is -0.274. The zero-order chi connectivity index (χ0) is 11.3. The molecule has 1 rings (SSSR count). The number of hydrogen-bond acceptors (Lipinski definition) is 2. The Morgan fingerprint density at radius 1 is 1.53 bits per heavy atom. The molecule has 0 amide bonds. The van der Waals surface area contributed by atoms with Crippen molar-refractivity contribution in [1.29, 1.82) is 0 Å². The lowest BCUT2D eigenvalue weighted by molar-refractivity contribution is 0.207. The largest absolute Gasteiger partial charge is 0.490 e. The molecule has 0 bridgehead atoms. The van der Waals surface area contributed by atoms with E-state index in [2.05, 4.69) is 15.9 Å². The SMILES string of the molecule is CC(CCCN)Oc1ccc(F)cc1Br. The first-order valence-electron chi connectivity index (χ1n) is 4.95. The Bertz CT molecular complexity index is 319. The summed E-state index contributed by atoms with van der Waals surface area (Å²) in [5.41, 5.74) is 5.41. The molecule has 0 radical (unpaired) electrons. The minimum Gasteiger partial charge on any atom is -0.490 e. The molecule has 1 aromatic carbocycles. The predicted molar refractivity (Wildman–Crippen MR) is 62.5 cm³/mol. The molecule has 0 spiro atoms. The molecule has 1 unspecified atom stereocenters. The molecular weight excluding hydrogens is 261 g/mol. The van der Waals surface area contributed by atoms with Gasteiger partial charge >= 0.3 is 0 Å². The molecule has 0 heterocycles. The normalized spacial score (nSPS) is 12.5. The van der Waals surface area contributed by atoms with Crippen LogP contribution in [-0.2, 0) is 0 Å². The fraction of sp³-hybridized carbons (Fsp3) is 0.455. The molecule has 0 aliphatic heterocycles. The third-order valence-corrected chi connectivity index (χ3v) is 2.66. The molecule has 2 N–H and O–H groups in total. The quantitative estimate of drug-likeness (QED) is 0.896. The summed E-state index contributed by atoms with van der Waals surface area (Å²) in [5, 5.41) is 0. The van der Waals surface area contributed by atoms with Gasteiger partial charge in [0.05, 0.1) is 10.6 Å². The van der Waals surface area contributed by atoms with Crippen molar-refractivity contribution in [3.05, 3.63) is 28.5 Å². The van der Waals surface area contributed by atoms with E-state index in [1.54, 1.807) is 6.07 Å². The Labute approximate surface area is 97.7 Å². The van der Waals surface area contributed by atoms with Crippen molar-refractivity contribution in [3.8, 4) is 5.75 Å². The molecular formula is C11H15BrFNO. The lowest BCUT2D eigenvalue weighted by Gasteiger charge is -2.15. The molecule has 0 saturated heterocycles. The number of halogens is 2. The smallest absolute Gasteiger partial charge is 0.134 e. The minimum absolute atomic E-state index is 0.0929. The van der Waals surface area contributed by atoms with Gasteiger partial charge in [-0.3, -0.25) is 0 Å². The molecule has 0 aromatic heterocycles. The highest BCUT2D eigenvalue weighted by Crippen LogP contribution is 2.26. The highest BCUT2D eigenvalue weighted by Gasteiger charge is 2.07. The van der Waals surface area contributed by atoms with Crippen LogP contribution in [0.1, 0.15) is 19.8 Å². The fourth-order valence-corrected chi connectivity index (χ4v) is 1.70. The average molecular weight is 276 g/mol. The summed E-state index contributed by atoms with van der Waals surface area (Å²) in [6.45, 7) is 2.64. The van der Waals surface area contributed by atoms with Crippen LogP contribution in [0.2, 0.25) is 0 Å². The zero-order valence-electron chi connectivity index (χ0n) is 8.67. The molecule has 15 heavy (non-hydrogen) atoms. The molecule has 1 aromatic rings. The Kier molecular flexibility index (Phi) is 5.05. The maximum absolute atomic E-state index is 12.8. The Morgan fingerprint density at radius 2 is 2.27 bits per heavy atom. The first kappa shape index (κ1) is 12.5. The molecule has 84 valence electrons. The van der Waals surface area contributed by atoms with Crippen LogP contribution < -0.4 is 10.5 Å². The van der Waals surface area contributed by atoms with Crippen LogP contribution in [0.15, 0.2) is 22.7 Å². The second-order valence-corrected chi connectivity index (χ2v) is 4.29. The van der Waals surface area contributed by atoms with E-state index in [1.807, 2.05) is 6.92 Å². The van der Waals surface area contributed by atoms with Gasteiger partial charge in [0.2, 0.25) is 0 Å². The predicted octanol–water partition coefficient (Wildman–Crippen LogP) is 3.09. The van der Waals surface area contributed by atoms with E-state index in [1.165, 1.54) is 12.1 Å². The van der Waals surface area contributed by atoms with Gasteiger partial charge in [0.25, 0.3) is 0 Å². The first-order valence-corrected chi connectivity index (χ1v) is 5.74. The van der Waals surface area contributed by atoms with E-state index >= 15 is 0 Å². The summed E-state index contributed by atoms with van der Waals surface area (Å²) in [7, 11) is 0. The highest BCUT2D eigenvalue weighted by atomic mass is 79.9. The van der Waals surface area contributed by atoms with Crippen molar-refractivity contribution in [2.75, 3.05) is 6.54 Å². The van der Waals surface area contributed by atoms with Crippen molar-refractivity contribution < 1.29 is 9.13 Å². The van der Waals surface area contributed by atoms with Gasteiger partial charge in [-0.25, -0.2) is 4.39 Å². The topological polar surface area (TPSA) is 35.2 Å². The van der Waals surface area contributed by atoms with Gasteiger partial charge in [0, 0.05) is 0 Å². The summed E-state index contributed by atoms with van der Waals surface area (Å²) in [5.74, 6) is 0.393. The van der Waals surface area contributed by atoms with Crippen LogP contribution in [0, 0.1) is 5.82 Å². The maximum atomic E-state index is 12.8. The van der Waals surface area contributed by atoms with E-state index in [0.29, 0.717) is 16.8 Å². The van der Waals surface area contributed by atoms with Crippen molar-refractivity contribution in [2.45, 2.75) is 25.9 Å². The van der Waals surface area contributed by atoms with Crippen molar-refractivity contribution in [1.82, 2.24) is 0 Å². The zero-order valence-corrected chi connectivity index (χ0v) is 10.3.